The first kappa shape index (κ1) is 14.2. The van der Waals surface area contributed by atoms with Gasteiger partial charge < -0.3 is 16.2 Å². The van der Waals surface area contributed by atoms with E-state index in [1.807, 2.05) is 0 Å². The first-order valence-electron chi connectivity index (χ1n) is 6.52. The normalized spacial score (nSPS) is 18.1. The number of carbonyl (C=O) groups excluding carboxylic acids is 1. The highest BCUT2D eigenvalue weighted by molar-refractivity contribution is 6.32. The summed E-state index contributed by atoms with van der Waals surface area (Å²) >= 11 is 6.27. The topological polar surface area (TPSA) is 75.3 Å². The molecule has 0 bridgehead atoms. The van der Waals surface area contributed by atoms with Crippen LogP contribution in [0.15, 0.2) is 12.1 Å². The van der Waals surface area contributed by atoms with Crippen molar-refractivity contribution in [1.29, 1.82) is 0 Å². The fourth-order valence-electron chi connectivity index (χ4n) is 2.79. The lowest BCUT2D eigenvalue weighted by atomic mass is 9.76. The van der Waals surface area contributed by atoms with Gasteiger partial charge in [0.15, 0.2) is 0 Å². The van der Waals surface area contributed by atoms with Gasteiger partial charge in [-0.15, -0.1) is 0 Å². The molecule has 5 heteroatoms. The van der Waals surface area contributed by atoms with Crippen LogP contribution < -0.4 is 11.1 Å². The van der Waals surface area contributed by atoms with Crippen molar-refractivity contribution >= 4 is 23.2 Å². The number of nitrogens with two attached hydrogens (primary N) is 1. The third-order valence-electron chi connectivity index (χ3n) is 3.68. The van der Waals surface area contributed by atoms with Crippen LogP contribution in [0.25, 0.3) is 0 Å². The van der Waals surface area contributed by atoms with Crippen molar-refractivity contribution in [2.24, 2.45) is 5.73 Å². The molecule has 0 spiro atoms. The average Bonchev–Trinajstić information content (AvgIpc) is 2.34. The molecule has 0 radical (unpaired) electrons. The van der Waals surface area contributed by atoms with Crippen LogP contribution in [0.2, 0.25) is 5.02 Å². The lowest BCUT2D eigenvalue weighted by Crippen LogP contribution is -2.39. The van der Waals surface area contributed by atoms with Gasteiger partial charge in [-0.25, -0.2) is 0 Å². The Hall–Kier alpha value is -1.26. The molecule has 1 aromatic carbocycles. The predicted octanol–water partition coefficient (Wildman–Crippen LogP) is 3.12. The van der Waals surface area contributed by atoms with Crippen molar-refractivity contribution < 1.29 is 9.90 Å². The largest absolute Gasteiger partial charge is 0.506 e. The maximum Gasteiger partial charge on any atom is 0.221 e. The Kier molecular flexibility index (Phi) is 4.02. The lowest BCUT2D eigenvalue weighted by molar-refractivity contribution is -0.114. The van der Waals surface area contributed by atoms with Crippen LogP contribution in [0.3, 0.4) is 0 Å². The molecule has 1 saturated carbocycles. The van der Waals surface area contributed by atoms with Crippen molar-refractivity contribution in [3.05, 3.63) is 22.7 Å². The summed E-state index contributed by atoms with van der Waals surface area (Å²) in [7, 11) is 0. The van der Waals surface area contributed by atoms with E-state index in [-0.39, 0.29) is 11.7 Å². The van der Waals surface area contributed by atoms with E-state index in [0.717, 1.165) is 32.1 Å². The molecule has 104 valence electrons. The van der Waals surface area contributed by atoms with Crippen LogP contribution >= 0.6 is 11.6 Å². The van der Waals surface area contributed by atoms with Crippen molar-refractivity contribution in [1.82, 2.24) is 0 Å². The Morgan fingerprint density at radius 1 is 1.37 bits per heavy atom. The van der Waals surface area contributed by atoms with Crippen LogP contribution in [0, 0.1) is 0 Å². The fourth-order valence-corrected chi connectivity index (χ4v) is 3.13. The lowest BCUT2D eigenvalue weighted by Gasteiger charge is -2.36. The summed E-state index contributed by atoms with van der Waals surface area (Å²) in [4.78, 5) is 11.3. The van der Waals surface area contributed by atoms with Crippen LogP contribution in [0.5, 0.6) is 5.75 Å². The Bertz CT molecular complexity index is 496. The number of hydrogen-bond donors (Lipinski definition) is 3. The Balaban J connectivity index is 2.53. The quantitative estimate of drug-likeness (QED) is 0.730. The molecule has 4 nitrogen and oxygen atoms in total. The Morgan fingerprint density at radius 3 is 2.58 bits per heavy atom. The van der Waals surface area contributed by atoms with Gasteiger partial charge in [0.05, 0.1) is 5.69 Å². The number of anilines is 1. The molecule has 0 heterocycles. The van der Waals surface area contributed by atoms with Crippen molar-refractivity contribution in [3.63, 3.8) is 0 Å². The number of phenols is 1. The molecule has 4 N–H and O–H groups in total. The van der Waals surface area contributed by atoms with Crippen LogP contribution in [-0.4, -0.2) is 11.0 Å². The average molecular weight is 283 g/mol. The number of amides is 1. The zero-order valence-electron chi connectivity index (χ0n) is 11.0. The Labute approximate surface area is 117 Å². The minimum Gasteiger partial charge on any atom is -0.506 e. The van der Waals surface area contributed by atoms with E-state index < -0.39 is 5.54 Å². The van der Waals surface area contributed by atoms with Gasteiger partial charge in [-0.05, 0) is 25.0 Å². The summed E-state index contributed by atoms with van der Waals surface area (Å²) in [5.41, 5.74) is 6.91. The molecule has 19 heavy (non-hydrogen) atoms. The molecule has 1 aromatic rings. The summed E-state index contributed by atoms with van der Waals surface area (Å²) in [6, 6.07) is 3.10. The van der Waals surface area contributed by atoms with E-state index in [9.17, 15) is 9.90 Å². The fraction of sp³-hybridized carbons (Fsp3) is 0.500. The summed E-state index contributed by atoms with van der Waals surface area (Å²) in [6.45, 7) is 1.40. The van der Waals surface area contributed by atoms with Crippen molar-refractivity contribution in [2.75, 3.05) is 5.32 Å². The van der Waals surface area contributed by atoms with E-state index >= 15 is 0 Å². The molecule has 0 unspecified atom stereocenters. The standard InChI is InChI=1S/C14H19ClN2O2/c1-9(18)17-13-11(19)6-5-10(15)12(13)14(16)7-3-2-4-8-14/h5-6,19H,2-4,7-8,16H2,1H3,(H,17,18). The smallest absolute Gasteiger partial charge is 0.221 e. The SMILES string of the molecule is CC(=O)Nc1c(O)ccc(Cl)c1C1(N)CCCCC1. The second kappa shape index (κ2) is 5.39. The number of phenolic OH excluding ortho intramolecular Hbond substituents is 1. The molecule has 1 amide bonds. The first-order chi connectivity index (χ1) is 8.94. The van der Waals surface area contributed by atoms with Crippen LogP contribution in [-0.2, 0) is 10.3 Å². The maximum atomic E-state index is 11.3. The minimum absolute atomic E-state index is 0.00463. The van der Waals surface area contributed by atoms with E-state index in [2.05, 4.69) is 5.32 Å². The van der Waals surface area contributed by atoms with Crippen LogP contribution in [0.4, 0.5) is 5.69 Å². The van der Waals surface area contributed by atoms with Crippen LogP contribution in [0.1, 0.15) is 44.6 Å². The zero-order valence-corrected chi connectivity index (χ0v) is 11.8. The molecule has 1 aliphatic rings. The third kappa shape index (κ3) is 2.85. The second-order valence-corrected chi connectivity index (χ2v) is 5.62. The Morgan fingerprint density at radius 2 is 2.00 bits per heavy atom. The van der Waals surface area contributed by atoms with E-state index in [4.69, 9.17) is 17.3 Å². The highest BCUT2D eigenvalue weighted by atomic mass is 35.5. The monoisotopic (exact) mass is 282 g/mol. The van der Waals surface area contributed by atoms with Gasteiger partial charge in [0.25, 0.3) is 0 Å². The predicted molar refractivity (Wildman–Crippen MR) is 76.4 cm³/mol. The number of rotatable bonds is 2. The highest BCUT2D eigenvalue weighted by Gasteiger charge is 2.34. The number of benzene rings is 1. The maximum absolute atomic E-state index is 11.3. The molecule has 0 aliphatic heterocycles. The number of hydrogen-bond acceptors (Lipinski definition) is 3. The van der Waals surface area contributed by atoms with Gasteiger partial charge in [-0.3, -0.25) is 4.79 Å². The molecule has 1 fully saturated rings. The number of halogens is 1. The molecule has 0 atom stereocenters. The first-order valence-corrected chi connectivity index (χ1v) is 6.90. The van der Waals surface area contributed by atoms with Gasteiger partial charge in [-0.1, -0.05) is 30.9 Å². The van der Waals surface area contributed by atoms with Crippen molar-refractivity contribution in [3.8, 4) is 5.75 Å². The summed E-state index contributed by atoms with van der Waals surface area (Å²) in [5.74, 6) is -0.247. The molecule has 0 saturated heterocycles. The minimum atomic E-state index is -0.578. The van der Waals surface area contributed by atoms with Gasteiger partial charge in [0.2, 0.25) is 5.91 Å². The molecule has 1 aliphatic carbocycles. The third-order valence-corrected chi connectivity index (χ3v) is 3.99. The van der Waals surface area contributed by atoms with E-state index in [1.54, 1.807) is 6.07 Å². The van der Waals surface area contributed by atoms with E-state index in [1.165, 1.54) is 13.0 Å². The number of nitrogens with one attached hydrogen (secondary N) is 1. The van der Waals surface area contributed by atoms with Crippen molar-refractivity contribution in [2.45, 2.75) is 44.6 Å². The van der Waals surface area contributed by atoms with Gasteiger partial charge in [0.1, 0.15) is 5.75 Å². The number of carbonyl (C=O) groups is 1. The summed E-state index contributed by atoms with van der Waals surface area (Å²) in [6.07, 6.45) is 4.83. The number of aromatic hydroxyl groups is 1. The molecule has 2 rings (SSSR count). The van der Waals surface area contributed by atoms with E-state index in [0.29, 0.717) is 16.3 Å². The molecular formula is C14H19ClN2O2. The molecule has 0 aromatic heterocycles. The summed E-state index contributed by atoms with van der Waals surface area (Å²) in [5, 5.41) is 13.1. The summed E-state index contributed by atoms with van der Waals surface area (Å²) < 4.78 is 0. The zero-order chi connectivity index (χ0) is 14.0. The van der Waals surface area contributed by atoms with Gasteiger partial charge >= 0.3 is 0 Å². The highest BCUT2D eigenvalue weighted by Crippen LogP contribution is 2.45. The van der Waals surface area contributed by atoms with Gasteiger partial charge in [0, 0.05) is 23.0 Å². The molecular weight excluding hydrogens is 264 g/mol. The van der Waals surface area contributed by atoms with Gasteiger partial charge in [-0.2, -0.15) is 0 Å². The second-order valence-electron chi connectivity index (χ2n) is 5.21.